The van der Waals surface area contributed by atoms with E-state index in [0.717, 1.165) is 49.0 Å². The van der Waals surface area contributed by atoms with Crippen molar-refractivity contribution in [3.8, 4) is 11.5 Å². The number of rotatable bonds is 7. The lowest BCUT2D eigenvalue weighted by Gasteiger charge is -2.34. The van der Waals surface area contributed by atoms with E-state index in [1.807, 2.05) is 19.1 Å². The number of benzene rings is 1. The number of hydrogen-bond acceptors (Lipinski definition) is 6. The molecule has 0 spiro atoms. The third kappa shape index (κ3) is 5.52. The van der Waals surface area contributed by atoms with Crippen LogP contribution in [0.2, 0.25) is 0 Å². The summed E-state index contributed by atoms with van der Waals surface area (Å²) in [4.78, 5) is 14.9. The van der Waals surface area contributed by atoms with E-state index in [1.165, 1.54) is 44.2 Å². The van der Waals surface area contributed by atoms with Gasteiger partial charge in [0.1, 0.15) is 5.76 Å². The number of amides is 1. The van der Waals surface area contributed by atoms with Crippen molar-refractivity contribution in [1.29, 1.82) is 0 Å². The molecule has 178 valence electrons. The average Bonchev–Trinajstić information content (AvgIpc) is 3.47. The largest absolute Gasteiger partial charge is 0.454 e. The fraction of sp³-hybridized carbons (Fsp3) is 0.615. The summed E-state index contributed by atoms with van der Waals surface area (Å²) in [5.41, 5.74) is 2.14. The van der Waals surface area contributed by atoms with Gasteiger partial charge in [0, 0.05) is 17.7 Å². The number of para-hydroxylation sites is 1. The molecule has 1 saturated heterocycles. The quantitative estimate of drug-likeness (QED) is 0.677. The van der Waals surface area contributed by atoms with E-state index < -0.39 is 0 Å². The van der Waals surface area contributed by atoms with Crippen molar-refractivity contribution in [2.45, 2.75) is 70.3 Å². The van der Waals surface area contributed by atoms with Gasteiger partial charge in [-0.05, 0) is 89.4 Å². The molecule has 3 aliphatic rings. The molecule has 7 heteroatoms. The summed E-state index contributed by atoms with van der Waals surface area (Å²) >= 11 is 0. The molecular weight excluding hydrogens is 418 g/mol. The SMILES string of the molecule is Cc1cc(CC(=O)N[C@H]2CC[C@H](CCN3CCC(c4cccc5c4OCO5)CC3)CC2)on1. The predicted octanol–water partition coefficient (Wildman–Crippen LogP) is 4.20. The maximum Gasteiger partial charge on any atom is 0.231 e. The number of ether oxygens (including phenoxy) is 2. The highest BCUT2D eigenvalue weighted by Gasteiger charge is 2.28. The molecule has 2 aromatic rings. The summed E-state index contributed by atoms with van der Waals surface area (Å²) in [6, 6.07) is 8.42. The highest BCUT2D eigenvalue weighted by Crippen LogP contribution is 2.42. The minimum Gasteiger partial charge on any atom is -0.454 e. The van der Waals surface area contributed by atoms with Crippen LogP contribution in [0.5, 0.6) is 11.5 Å². The maximum atomic E-state index is 12.3. The monoisotopic (exact) mass is 453 g/mol. The van der Waals surface area contributed by atoms with Gasteiger partial charge >= 0.3 is 0 Å². The molecule has 7 nitrogen and oxygen atoms in total. The van der Waals surface area contributed by atoms with Gasteiger partial charge in [-0.1, -0.05) is 17.3 Å². The van der Waals surface area contributed by atoms with Gasteiger partial charge < -0.3 is 24.2 Å². The molecule has 0 radical (unpaired) electrons. The van der Waals surface area contributed by atoms with Crippen molar-refractivity contribution in [2.75, 3.05) is 26.4 Å². The molecule has 1 amide bonds. The molecule has 1 aromatic heterocycles. The number of nitrogens with one attached hydrogen (secondary N) is 1. The average molecular weight is 454 g/mol. The topological polar surface area (TPSA) is 76.8 Å². The van der Waals surface area contributed by atoms with Crippen molar-refractivity contribution >= 4 is 5.91 Å². The molecule has 1 N–H and O–H groups in total. The first-order valence-electron chi connectivity index (χ1n) is 12.5. The summed E-state index contributed by atoms with van der Waals surface area (Å²) in [6.45, 7) is 5.71. The Morgan fingerprint density at radius 1 is 1.12 bits per heavy atom. The maximum absolute atomic E-state index is 12.3. The number of nitrogens with zero attached hydrogens (tertiary/aromatic N) is 2. The first kappa shape index (κ1) is 22.3. The molecule has 1 aromatic carbocycles. The summed E-state index contributed by atoms with van der Waals surface area (Å²) in [6.07, 6.45) is 8.48. The fourth-order valence-electron chi connectivity index (χ4n) is 5.64. The number of carbonyl (C=O) groups excluding carboxylic acids is 1. The number of aromatic nitrogens is 1. The standard InChI is InChI=1S/C26H35N3O4/c1-18-15-22(33-28-18)16-25(30)27-21-7-5-19(6-8-21)9-12-29-13-10-20(11-14-29)23-3-2-4-24-26(23)32-17-31-24/h2-4,15,19-21H,5-14,16-17H2,1H3,(H,27,30)/t19-,21-. The van der Waals surface area contributed by atoms with Crippen molar-refractivity contribution < 1.29 is 18.8 Å². The van der Waals surface area contributed by atoms with E-state index in [0.29, 0.717) is 24.5 Å². The van der Waals surface area contributed by atoms with Crippen LogP contribution in [0, 0.1) is 12.8 Å². The summed E-state index contributed by atoms with van der Waals surface area (Å²) in [7, 11) is 0. The van der Waals surface area contributed by atoms with Gasteiger partial charge in [-0.3, -0.25) is 4.79 Å². The van der Waals surface area contributed by atoms with Crippen LogP contribution in [0.4, 0.5) is 0 Å². The highest BCUT2D eigenvalue weighted by atomic mass is 16.7. The lowest BCUT2D eigenvalue weighted by Crippen LogP contribution is -2.39. The summed E-state index contributed by atoms with van der Waals surface area (Å²) in [5, 5.41) is 7.03. The van der Waals surface area contributed by atoms with Crippen molar-refractivity contribution in [3.63, 3.8) is 0 Å². The summed E-state index contributed by atoms with van der Waals surface area (Å²) < 4.78 is 16.4. The van der Waals surface area contributed by atoms with Gasteiger partial charge in [-0.2, -0.15) is 0 Å². The van der Waals surface area contributed by atoms with E-state index in [-0.39, 0.29) is 12.3 Å². The fourth-order valence-corrected chi connectivity index (χ4v) is 5.64. The first-order valence-corrected chi connectivity index (χ1v) is 12.5. The van der Waals surface area contributed by atoms with E-state index in [2.05, 4.69) is 27.5 Å². The van der Waals surface area contributed by atoms with Gasteiger partial charge in [0.2, 0.25) is 12.7 Å². The molecule has 33 heavy (non-hydrogen) atoms. The van der Waals surface area contributed by atoms with Crippen LogP contribution in [0.25, 0.3) is 0 Å². The van der Waals surface area contributed by atoms with Crippen molar-refractivity contribution in [1.82, 2.24) is 15.4 Å². The number of aryl methyl sites for hydroxylation is 1. The van der Waals surface area contributed by atoms with Crippen LogP contribution >= 0.6 is 0 Å². The van der Waals surface area contributed by atoms with Gasteiger partial charge in [0.25, 0.3) is 0 Å². The van der Waals surface area contributed by atoms with E-state index in [4.69, 9.17) is 14.0 Å². The molecular formula is C26H35N3O4. The Bertz CT molecular complexity index is 943. The van der Waals surface area contributed by atoms with Crippen LogP contribution in [0.1, 0.15) is 67.9 Å². The number of piperidine rings is 1. The zero-order valence-corrected chi connectivity index (χ0v) is 19.6. The van der Waals surface area contributed by atoms with Gasteiger partial charge in [0.05, 0.1) is 12.1 Å². The minimum absolute atomic E-state index is 0.0403. The summed E-state index contributed by atoms with van der Waals surface area (Å²) in [5.74, 6) is 3.89. The third-order valence-corrected chi connectivity index (χ3v) is 7.53. The minimum atomic E-state index is 0.0403. The Hall–Kier alpha value is -2.54. The Balaban J connectivity index is 0.997. The second-order valence-corrected chi connectivity index (χ2v) is 9.88. The van der Waals surface area contributed by atoms with E-state index in [1.54, 1.807) is 0 Å². The molecule has 1 saturated carbocycles. The molecule has 0 bridgehead atoms. The van der Waals surface area contributed by atoms with Crippen LogP contribution < -0.4 is 14.8 Å². The first-order chi connectivity index (χ1) is 16.1. The molecule has 5 rings (SSSR count). The second-order valence-electron chi connectivity index (χ2n) is 9.88. The number of likely N-dealkylation sites (tertiary alicyclic amines) is 1. The van der Waals surface area contributed by atoms with Crippen LogP contribution in [-0.4, -0.2) is 48.4 Å². The highest BCUT2D eigenvalue weighted by molar-refractivity contribution is 5.78. The Kier molecular flexibility index (Phi) is 6.85. The van der Waals surface area contributed by atoms with Crippen molar-refractivity contribution in [2.24, 2.45) is 5.92 Å². The van der Waals surface area contributed by atoms with Gasteiger partial charge in [0.15, 0.2) is 11.5 Å². The molecule has 2 fully saturated rings. The normalized spacial score (nSPS) is 23.5. The number of carbonyl (C=O) groups is 1. The second kappa shape index (κ2) is 10.2. The zero-order valence-electron chi connectivity index (χ0n) is 19.6. The Morgan fingerprint density at radius 3 is 2.70 bits per heavy atom. The molecule has 3 heterocycles. The van der Waals surface area contributed by atoms with Gasteiger partial charge in [-0.25, -0.2) is 0 Å². The van der Waals surface area contributed by atoms with E-state index >= 15 is 0 Å². The van der Waals surface area contributed by atoms with Crippen LogP contribution in [0.15, 0.2) is 28.8 Å². The van der Waals surface area contributed by atoms with E-state index in [9.17, 15) is 4.79 Å². The zero-order chi connectivity index (χ0) is 22.6. The smallest absolute Gasteiger partial charge is 0.231 e. The lowest BCUT2D eigenvalue weighted by molar-refractivity contribution is -0.121. The Morgan fingerprint density at radius 2 is 1.94 bits per heavy atom. The molecule has 2 aliphatic heterocycles. The molecule has 1 aliphatic carbocycles. The van der Waals surface area contributed by atoms with Crippen LogP contribution in [0.3, 0.4) is 0 Å². The number of fused-ring (bicyclic) bond motifs is 1. The molecule has 0 unspecified atom stereocenters. The molecule has 0 atom stereocenters. The van der Waals surface area contributed by atoms with Gasteiger partial charge in [-0.15, -0.1) is 0 Å². The predicted molar refractivity (Wildman–Crippen MR) is 124 cm³/mol. The Labute approximate surface area is 195 Å². The van der Waals surface area contributed by atoms with Crippen LogP contribution in [-0.2, 0) is 11.2 Å². The third-order valence-electron chi connectivity index (χ3n) is 7.53. The lowest BCUT2D eigenvalue weighted by atomic mass is 9.83. The van der Waals surface area contributed by atoms with Crippen molar-refractivity contribution in [3.05, 3.63) is 41.3 Å². The number of hydrogen-bond donors (Lipinski definition) is 1.